The Labute approximate surface area is 174 Å². The lowest BCUT2D eigenvalue weighted by Gasteiger charge is -2.36. The van der Waals surface area contributed by atoms with E-state index in [1.807, 2.05) is 0 Å². The Hall–Kier alpha value is -3.27. The zero-order valence-electron chi connectivity index (χ0n) is 16.0. The second-order valence-electron chi connectivity index (χ2n) is 7.35. The van der Waals surface area contributed by atoms with Crippen LogP contribution in [0, 0.1) is 15.9 Å². The number of hydrogen-bond acceptors (Lipinski definition) is 5. The number of halogens is 4. The van der Waals surface area contributed by atoms with Crippen molar-refractivity contribution >= 4 is 16.5 Å². The number of aromatic nitrogens is 1. The molecule has 4 rings (SSSR count). The van der Waals surface area contributed by atoms with E-state index >= 15 is 0 Å². The predicted octanol–water partition coefficient (Wildman–Crippen LogP) is 5.00. The molecule has 1 fully saturated rings. The maximum Gasteiger partial charge on any atom is 0.419 e. The first-order valence-electron chi connectivity index (χ1n) is 9.49. The van der Waals surface area contributed by atoms with Crippen LogP contribution in [-0.4, -0.2) is 22.1 Å². The van der Waals surface area contributed by atoms with E-state index in [9.17, 15) is 27.7 Å². The van der Waals surface area contributed by atoms with Crippen LogP contribution in [0.1, 0.15) is 24.0 Å². The minimum absolute atomic E-state index is 0.0125. The van der Waals surface area contributed by atoms with Crippen molar-refractivity contribution < 1.29 is 27.2 Å². The van der Waals surface area contributed by atoms with Crippen LogP contribution in [0.3, 0.4) is 0 Å². The Morgan fingerprint density at radius 3 is 2.65 bits per heavy atom. The number of nitrogens with one attached hydrogen (secondary N) is 1. The first-order chi connectivity index (χ1) is 14.7. The Balaban J connectivity index is 1.36. The highest BCUT2D eigenvalue weighted by Gasteiger charge is 2.35. The summed E-state index contributed by atoms with van der Waals surface area (Å²) in [6, 6.07) is 7.55. The van der Waals surface area contributed by atoms with Gasteiger partial charge in [-0.25, -0.2) is 4.39 Å². The van der Waals surface area contributed by atoms with E-state index in [1.54, 1.807) is 18.3 Å². The molecule has 3 aromatic rings. The molecule has 1 heterocycles. The fraction of sp³-hybridized carbons (Fsp3) is 0.286. The number of benzene rings is 2. The molecule has 6 nitrogen and oxygen atoms in total. The first-order valence-corrected chi connectivity index (χ1v) is 9.49. The number of rotatable bonds is 6. The lowest BCUT2D eigenvalue weighted by Crippen LogP contribution is -2.46. The molecule has 1 saturated carbocycles. The normalized spacial score (nSPS) is 18.6. The van der Waals surface area contributed by atoms with E-state index < -0.39 is 22.5 Å². The minimum atomic E-state index is -4.78. The van der Waals surface area contributed by atoms with Crippen LogP contribution in [0.2, 0.25) is 0 Å². The van der Waals surface area contributed by atoms with Crippen LogP contribution in [0.25, 0.3) is 10.8 Å². The molecule has 1 aliphatic rings. The summed E-state index contributed by atoms with van der Waals surface area (Å²) in [5, 5.41) is 15.7. The Morgan fingerprint density at radius 2 is 1.94 bits per heavy atom. The molecular formula is C21H17F4N3O3. The maximum absolute atomic E-state index is 13.4. The largest absolute Gasteiger partial charge is 0.490 e. The number of non-ortho nitro benzene ring substituents is 1. The summed E-state index contributed by atoms with van der Waals surface area (Å²) < 4.78 is 57.4. The molecule has 162 valence electrons. The van der Waals surface area contributed by atoms with Crippen molar-refractivity contribution in [3.05, 3.63) is 75.9 Å². The van der Waals surface area contributed by atoms with Gasteiger partial charge in [0.15, 0.2) is 0 Å². The highest BCUT2D eigenvalue weighted by molar-refractivity contribution is 5.92. The van der Waals surface area contributed by atoms with Gasteiger partial charge in [0.2, 0.25) is 0 Å². The molecule has 0 aliphatic heterocycles. The second kappa shape index (κ2) is 8.10. The van der Waals surface area contributed by atoms with Gasteiger partial charge < -0.3 is 10.1 Å². The zero-order valence-corrected chi connectivity index (χ0v) is 16.0. The van der Waals surface area contributed by atoms with Gasteiger partial charge in [0.1, 0.15) is 17.7 Å². The highest BCUT2D eigenvalue weighted by Crippen LogP contribution is 2.35. The quantitative estimate of drug-likeness (QED) is 0.335. The molecule has 0 atom stereocenters. The summed E-state index contributed by atoms with van der Waals surface area (Å²) in [7, 11) is 0. The summed E-state index contributed by atoms with van der Waals surface area (Å²) in [4.78, 5) is 14.7. The van der Waals surface area contributed by atoms with Crippen LogP contribution in [0.5, 0.6) is 5.75 Å². The highest BCUT2D eigenvalue weighted by atomic mass is 19.4. The van der Waals surface area contributed by atoms with Crippen LogP contribution in [0.4, 0.5) is 23.2 Å². The van der Waals surface area contributed by atoms with Gasteiger partial charge in [-0.05, 0) is 48.1 Å². The fourth-order valence-electron chi connectivity index (χ4n) is 3.62. The molecule has 0 saturated heterocycles. The van der Waals surface area contributed by atoms with E-state index in [2.05, 4.69) is 10.3 Å². The average Bonchev–Trinajstić information content (AvgIpc) is 2.69. The number of pyridine rings is 1. The standard InChI is InChI=1S/C21H17F4N3O3/c22-19-3-2-14(9-18(19)21(23,24)25)31-15-7-13(8-15)27-10-12-1-4-20(28(29)30)17-11-26-6-5-16(12)17/h1-6,9,11,13,15,27H,7-8,10H2. The number of fused-ring (bicyclic) bond motifs is 1. The van der Waals surface area contributed by atoms with Crippen LogP contribution in [-0.2, 0) is 12.7 Å². The van der Waals surface area contributed by atoms with Gasteiger partial charge in [0.05, 0.1) is 15.9 Å². The first kappa shape index (κ1) is 21.0. The number of nitro groups is 1. The summed E-state index contributed by atoms with van der Waals surface area (Å²) >= 11 is 0. The lowest BCUT2D eigenvalue weighted by molar-refractivity contribution is -0.383. The van der Waals surface area contributed by atoms with Crippen molar-refractivity contribution in [3.8, 4) is 5.75 Å². The Bertz CT molecular complexity index is 1130. The second-order valence-corrected chi connectivity index (χ2v) is 7.35. The number of nitrogens with zero attached hydrogens (tertiary/aromatic N) is 2. The molecule has 31 heavy (non-hydrogen) atoms. The summed E-state index contributed by atoms with van der Waals surface area (Å²) in [5.74, 6) is -1.36. The minimum Gasteiger partial charge on any atom is -0.490 e. The van der Waals surface area contributed by atoms with E-state index in [0.717, 1.165) is 17.0 Å². The van der Waals surface area contributed by atoms with Crippen LogP contribution >= 0.6 is 0 Å². The summed E-state index contributed by atoms with van der Waals surface area (Å²) in [5.41, 5.74) is -0.485. The maximum atomic E-state index is 13.4. The van der Waals surface area contributed by atoms with Crippen molar-refractivity contribution in [3.63, 3.8) is 0 Å². The molecule has 2 aromatic carbocycles. The molecule has 1 aromatic heterocycles. The molecule has 1 aliphatic carbocycles. The van der Waals surface area contributed by atoms with Crippen LogP contribution < -0.4 is 10.1 Å². The molecule has 10 heteroatoms. The molecule has 0 spiro atoms. The van der Waals surface area contributed by atoms with E-state index in [1.165, 1.54) is 18.3 Å². The molecule has 0 unspecified atom stereocenters. The molecule has 0 radical (unpaired) electrons. The van der Waals surface area contributed by atoms with Gasteiger partial charge in [0.25, 0.3) is 5.69 Å². The van der Waals surface area contributed by atoms with E-state index in [0.29, 0.717) is 30.8 Å². The third-order valence-electron chi connectivity index (χ3n) is 5.30. The Morgan fingerprint density at radius 1 is 1.16 bits per heavy atom. The van der Waals surface area contributed by atoms with E-state index in [4.69, 9.17) is 4.74 Å². The lowest BCUT2D eigenvalue weighted by atomic mass is 9.89. The number of ether oxygens (including phenoxy) is 1. The summed E-state index contributed by atoms with van der Waals surface area (Å²) in [6.45, 7) is 0.463. The van der Waals surface area contributed by atoms with Crippen molar-refractivity contribution in [2.75, 3.05) is 0 Å². The summed E-state index contributed by atoms with van der Waals surface area (Å²) in [6.07, 6.45) is -0.878. The van der Waals surface area contributed by atoms with Crippen molar-refractivity contribution in [2.45, 2.75) is 37.7 Å². The predicted molar refractivity (Wildman–Crippen MR) is 104 cm³/mol. The van der Waals surface area contributed by atoms with Gasteiger partial charge >= 0.3 is 6.18 Å². The zero-order chi connectivity index (χ0) is 22.2. The number of nitro benzene ring substituents is 1. The van der Waals surface area contributed by atoms with Gasteiger partial charge in [0, 0.05) is 31.0 Å². The molecule has 0 bridgehead atoms. The third-order valence-corrected chi connectivity index (χ3v) is 5.30. The Kier molecular flexibility index (Phi) is 5.48. The van der Waals surface area contributed by atoms with Crippen molar-refractivity contribution in [1.82, 2.24) is 10.3 Å². The average molecular weight is 435 g/mol. The SMILES string of the molecule is O=[N+]([O-])c1ccc(CNC2CC(Oc3ccc(F)c(C(F)(F)F)c3)C2)c2ccncc12. The molecule has 0 amide bonds. The smallest absolute Gasteiger partial charge is 0.419 e. The van der Waals surface area contributed by atoms with Gasteiger partial charge in [-0.1, -0.05) is 6.07 Å². The topological polar surface area (TPSA) is 77.3 Å². The third kappa shape index (κ3) is 4.43. The molecular weight excluding hydrogens is 418 g/mol. The van der Waals surface area contributed by atoms with E-state index in [-0.39, 0.29) is 23.6 Å². The van der Waals surface area contributed by atoms with Gasteiger partial charge in [-0.2, -0.15) is 13.2 Å². The van der Waals surface area contributed by atoms with Gasteiger partial charge in [-0.15, -0.1) is 0 Å². The fourth-order valence-corrected chi connectivity index (χ4v) is 3.62. The number of alkyl halides is 3. The van der Waals surface area contributed by atoms with Crippen LogP contribution in [0.15, 0.2) is 48.8 Å². The monoisotopic (exact) mass is 435 g/mol. The van der Waals surface area contributed by atoms with Crippen molar-refractivity contribution in [2.24, 2.45) is 0 Å². The number of hydrogen-bond donors (Lipinski definition) is 1. The van der Waals surface area contributed by atoms with Gasteiger partial charge in [-0.3, -0.25) is 15.1 Å². The van der Waals surface area contributed by atoms with Crippen molar-refractivity contribution in [1.29, 1.82) is 0 Å². The molecule has 1 N–H and O–H groups in total.